The molecule has 1 aromatic heterocycles. The molecule has 0 bridgehead atoms. The molecule has 4 nitrogen and oxygen atoms in total. The SMILES string of the molecule is Oc1ccc2ccccc2c1C=Nc1ccc(-c2cnc(-c3ccccc3)nc2)cc1. The van der Waals surface area contributed by atoms with Gasteiger partial charge in [-0.1, -0.05) is 72.8 Å². The fourth-order valence-electron chi connectivity index (χ4n) is 3.51. The van der Waals surface area contributed by atoms with Gasteiger partial charge in [0.2, 0.25) is 0 Å². The topological polar surface area (TPSA) is 58.4 Å². The molecule has 0 amide bonds. The largest absolute Gasteiger partial charge is 0.507 e. The fourth-order valence-corrected chi connectivity index (χ4v) is 3.51. The zero-order valence-corrected chi connectivity index (χ0v) is 16.7. The zero-order valence-electron chi connectivity index (χ0n) is 16.7. The Bertz CT molecular complexity index is 1360. The molecule has 5 aromatic rings. The van der Waals surface area contributed by atoms with Gasteiger partial charge in [0.1, 0.15) is 5.75 Å². The van der Waals surface area contributed by atoms with Crippen molar-refractivity contribution >= 4 is 22.7 Å². The fraction of sp³-hybridized carbons (Fsp3) is 0. The minimum Gasteiger partial charge on any atom is -0.507 e. The van der Waals surface area contributed by atoms with Gasteiger partial charge in [0, 0.05) is 35.3 Å². The molecule has 0 aliphatic heterocycles. The average molecular weight is 401 g/mol. The van der Waals surface area contributed by atoms with E-state index in [0.717, 1.165) is 33.2 Å². The second kappa shape index (κ2) is 8.20. The number of hydrogen-bond acceptors (Lipinski definition) is 4. The Balaban J connectivity index is 1.38. The Morgan fingerprint density at radius 1 is 0.645 bits per heavy atom. The van der Waals surface area contributed by atoms with Crippen LogP contribution in [0.4, 0.5) is 5.69 Å². The van der Waals surface area contributed by atoms with E-state index in [1.807, 2.05) is 97.3 Å². The summed E-state index contributed by atoms with van der Waals surface area (Å²) < 4.78 is 0. The third kappa shape index (κ3) is 3.91. The van der Waals surface area contributed by atoms with E-state index in [4.69, 9.17) is 0 Å². The quantitative estimate of drug-likeness (QED) is 0.354. The van der Waals surface area contributed by atoms with Crippen molar-refractivity contribution in [2.24, 2.45) is 4.99 Å². The summed E-state index contributed by atoms with van der Waals surface area (Å²) in [5.41, 5.74) is 4.48. The molecule has 5 rings (SSSR count). The molecule has 0 radical (unpaired) electrons. The molecule has 4 heteroatoms. The van der Waals surface area contributed by atoms with Gasteiger partial charge in [-0.2, -0.15) is 0 Å². The summed E-state index contributed by atoms with van der Waals surface area (Å²) in [4.78, 5) is 13.5. The lowest BCUT2D eigenvalue weighted by Gasteiger charge is -2.05. The van der Waals surface area contributed by atoms with Crippen molar-refractivity contribution in [3.63, 3.8) is 0 Å². The molecule has 0 aliphatic rings. The van der Waals surface area contributed by atoms with Crippen LogP contribution in [0.3, 0.4) is 0 Å². The number of aromatic nitrogens is 2. The van der Waals surface area contributed by atoms with E-state index in [0.29, 0.717) is 11.4 Å². The average Bonchev–Trinajstić information content (AvgIpc) is 2.84. The Labute approximate surface area is 180 Å². The number of nitrogens with zero attached hydrogens (tertiary/aromatic N) is 3. The molecule has 0 atom stereocenters. The predicted octanol–water partition coefficient (Wildman–Crippen LogP) is 6.42. The van der Waals surface area contributed by atoms with Gasteiger partial charge >= 0.3 is 0 Å². The van der Waals surface area contributed by atoms with Crippen LogP contribution < -0.4 is 0 Å². The van der Waals surface area contributed by atoms with Crippen LogP contribution in [0.15, 0.2) is 108 Å². The number of phenolic OH excluding ortho intramolecular Hbond substituents is 1. The summed E-state index contributed by atoms with van der Waals surface area (Å²) in [5, 5.41) is 12.3. The summed E-state index contributed by atoms with van der Waals surface area (Å²) in [7, 11) is 0. The minimum atomic E-state index is 0.217. The van der Waals surface area contributed by atoms with Crippen molar-refractivity contribution in [2.45, 2.75) is 0 Å². The second-order valence-electron chi connectivity index (χ2n) is 7.19. The number of fused-ring (bicyclic) bond motifs is 1. The monoisotopic (exact) mass is 401 g/mol. The van der Waals surface area contributed by atoms with Gasteiger partial charge in [-0.3, -0.25) is 4.99 Å². The van der Waals surface area contributed by atoms with Crippen LogP contribution in [0.2, 0.25) is 0 Å². The molecule has 31 heavy (non-hydrogen) atoms. The Kier molecular flexibility index (Phi) is 4.95. The molecule has 4 aromatic carbocycles. The van der Waals surface area contributed by atoms with Crippen LogP contribution in [0, 0.1) is 0 Å². The highest BCUT2D eigenvalue weighted by atomic mass is 16.3. The molecule has 1 N–H and O–H groups in total. The van der Waals surface area contributed by atoms with E-state index in [9.17, 15) is 5.11 Å². The smallest absolute Gasteiger partial charge is 0.159 e. The molecular formula is C27H19N3O. The Hall–Kier alpha value is -4.31. The normalized spacial score (nSPS) is 11.2. The first-order valence-corrected chi connectivity index (χ1v) is 10.0. The third-order valence-corrected chi connectivity index (χ3v) is 5.17. The lowest BCUT2D eigenvalue weighted by molar-refractivity contribution is 0.475. The van der Waals surface area contributed by atoms with Crippen molar-refractivity contribution in [2.75, 3.05) is 0 Å². The van der Waals surface area contributed by atoms with Crippen LogP contribution >= 0.6 is 0 Å². The Morgan fingerprint density at radius 3 is 2.13 bits per heavy atom. The maximum absolute atomic E-state index is 10.3. The highest BCUT2D eigenvalue weighted by Crippen LogP contribution is 2.27. The molecule has 0 unspecified atom stereocenters. The first-order valence-electron chi connectivity index (χ1n) is 10.0. The van der Waals surface area contributed by atoms with E-state index in [2.05, 4.69) is 15.0 Å². The number of rotatable bonds is 4. The van der Waals surface area contributed by atoms with Gasteiger partial charge in [-0.05, 0) is 34.5 Å². The summed E-state index contributed by atoms with van der Waals surface area (Å²) in [6.07, 6.45) is 5.38. The van der Waals surface area contributed by atoms with E-state index in [-0.39, 0.29) is 5.75 Å². The number of phenols is 1. The Morgan fingerprint density at radius 2 is 1.35 bits per heavy atom. The molecule has 0 fully saturated rings. The molecule has 0 aliphatic carbocycles. The van der Waals surface area contributed by atoms with Gasteiger partial charge in [-0.15, -0.1) is 0 Å². The summed E-state index contributed by atoms with van der Waals surface area (Å²) >= 11 is 0. The molecule has 0 saturated heterocycles. The van der Waals surface area contributed by atoms with E-state index >= 15 is 0 Å². The predicted molar refractivity (Wildman–Crippen MR) is 126 cm³/mol. The van der Waals surface area contributed by atoms with Crippen molar-refractivity contribution in [1.29, 1.82) is 0 Å². The molecular weight excluding hydrogens is 382 g/mol. The first kappa shape index (κ1) is 18.7. The van der Waals surface area contributed by atoms with Crippen LogP contribution in [-0.4, -0.2) is 21.3 Å². The van der Waals surface area contributed by atoms with E-state index in [1.54, 1.807) is 12.3 Å². The minimum absolute atomic E-state index is 0.217. The van der Waals surface area contributed by atoms with Gasteiger partial charge in [0.15, 0.2) is 5.82 Å². The van der Waals surface area contributed by atoms with Gasteiger partial charge in [0.25, 0.3) is 0 Å². The van der Waals surface area contributed by atoms with E-state index < -0.39 is 0 Å². The molecule has 0 spiro atoms. The molecule has 0 saturated carbocycles. The number of benzene rings is 4. The third-order valence-electron chi connectivity index (χ3n) is 5.17. The van der Waals surface area contributed by atoms with Crippen LogP contribution in [0.1, 0.15) is 5.56 Å². The van der Waals surface area contributed by atoms with Crippen LogP contribution in [0.25, 0.3) is 33.3 Å². The number of hydrogen-bond donors (Lipinski definition) is 1. The number of aliphatic imine (C=N–C) groups is 1. The summed E-state index contributed by atoms with van der Waals surface area (Å²) in [5.74, 6) is 0.926. The lowest BCUT2D eigenvalue weighted by Crippen LogP contribution is -1.89. The van der Waals surface area contributed by atoms with Crippen molar-refractivity contribution in [3.05, 3.63) is 109 Å². The van der Waals surface area contributed by atoms with Gasteiger partial charge in [0.05, 0.1) is 5.69 Å². The highest BCUT2D eigenvalue weighted by molar-refractivity contribution is 6.03. The van der Waals surface area contributed by atoms with Crippen molar-refractivity contribution < 1.29 is 5.11 Å². The summed E-state index contributed by atoms with van der Waals surface area (Å²) in [6, 6.07) is 29.3. The maximum Gasteiger partial charge on any atom is 0.159 e. The van der Waals surface area contributed by atoms with Crippen LogP contribution in [0.5, 0.6) is 5.75 Å². The number of aromatic hydroxyl groups is 1. The summed E-state index contributed by atoms with van der Waals surface area (Å²) in [6.45, 7) is 0. The van der Waals surface area contributed by atoms with Crippen molar-refractivity contribution in [3.8, 4) is 28.3 Å². The van der Waals surface area contributed by atoms with Gasteiger partial charge in [-0.25, -0.2) is 9.97 Å². The lowest BCUT2D eigenvalue weighted by atomic mass is 10.0. The molecule has 148 valence electrons. The van der Waals surface area contributed by atoms with E-state index in [1.165, 1.54) is 0 Å². The standard InChI is InChI=1S/C27H19N3O/c31-26-15-12-20-6-4-5-9-24(20)25(26)18-28-23-13-10-19(11-14-23)22-16-29-27(30-17-22)21-7-2-1-3-8-21/h1-18,31H. The van der Waals surface area contributed by atoms with Crippen LogP contribution in [-0.2, 0) is 0 Å². The van der Waals surface area contributed by atoms with Gasteiger partial charge < -0.3 is 5.11 Å². The van der Waals surface area contributed by atoms with Crippen molar-refractivity contribution in [1.82, 2.24) is 9.97 Å². The highest BCUT2D eigenvalue weighted by Gasteiger charge is 2.05. The molecule has 1 heterocycles. The maximum atomic E-state index is 10.3. The zero-order chi connectivity index (χ0) is 21.0. The first-order chi connectivity index (χ1) is 15.3. The second-order valence-corrected chi connectivity index (χ2v) is 7.19.